The van der Waals surface area contributed by atoms with Gasteiger partial charge in [0.25, 0.3) is 5.91 Å². The number of benzene rings is 2. The highest BCUT2D eigenvalue weighted by Gasteiger charge is 2.22. The van der Waals surface area contributed by atoms with E-state index in [0.29, 0.717) is 48.0 Å². The maximum absolute atomic E-state index is 14.2. The number of ketones is 1. The van der Waals surface area contributed by atoms with Crippen LogP contribution in [0.2, 0.25) is 0 Å². The highest BCUT2D eigenvalue weighted by molar-refractivity contribution is 5.98. The van der Waals surface area contributed by atoms with Crippen molar-refractivity contribution in [1.29, 1.82) is 0 Å². The number of methoxy groups -OCH3 is 1. The maximum Gasteiger partial charge on any atom is 0.254 e. The SMILES string of the molecule is CCOc1cc(C(=O)N(C)Cc2cnc(OC)c3c2CN=C3)ccc1-c1ccc(F)c(C(=O)CC)c1. The number of Topliss-reactive ketones (excluding diaryl/α,β-unsaturated/α-hetero) is 1. The van der Waals surface area contributed by atoms with Crippen LogP contribution in [0.4, 0.5) is 4.39 Å². The van der Waals surface area contributed by atoms with Gasteiger partial charge in [-0.25, -0.2) is 9.37 Å². The molecule has 0 saturated carbocycles. The minimum absolute atomic E-state index is 0.0435. The Hall–Kier alpha value is -4.07. The summed E-state index contributed by atoms with van der Waals surface area (Å²) in [5.41, 5.74) is 4.56. The van der Waals surface area contributed by atoms with Crippen molar-refractivity contribution in [1.82, 2.24) is 9.88 Å². The lowest BCUT2D eigenvalue weighted by molar-refractivity contribution is 0.0784. The van der Waals surface area contributed by atoms with Crippen molar-refractivity contribution in [2.45, 2.75) is 33.4 Å². The number of amides is 1. The van der Waals surface area contributed by atoms with E-state index in [9.17, 15) is 14.0 Å². The molecule has 0 spiro atoms. The van der Waals surface area contributed by atoms with Crippen molar-refractivity contribution in [3.8, 4) is 22.8 Å². The lowest BCUT2D eigenvalue weighted by Crippen LogP contribution is -2.27. The van der Waals surface area contributed by atoms with Crippen LogP contribution in [0.25, 0.3) is 11.1 Å². The van der Waals surface area contributed by atoms with Gasteiger partial charge in [0.1, 0.15) is 11.6 Å². The molecule has 0 radical (unpaired) electrons. The Kier molecular flexibility index (Phi) is 7.43. The summed E-state index contributed by atoms with van der Waals surface area (Å²) in [6.07, 6.45) is 3.67. The quantitative estimate of drug-likeness (QED) is 0.391. The van der Waals surface area contributed by atoms with E-state index in [2.05, 4.69) is 9.98 Å². The first-order valence-electron chi connectivity index (χ1n) is 11.8. The van der Waals surface area contributed by atoms with Crippen LogP contribution in [0.5, 0.6) is 11.6 Å². The van der Waals surface area contributed by atoms with Gasteiger partial charge >= 0.3 is 0 Å². The Morgan fingerprint density at radius 3 is 2.67 bits per heavy atom. The van der Waals surface area contributed by atoms with Gasteiger partial charge in [0, 0.05) is 43.6 Å². The molecule has 1 aromatic heterocycles. The second kappa shape index (κ2) is 10.7. The standard InChI is InChI=1S/C28H28FN3O4/c1-5-25(33)21-11-17(8-10-24(21)29)20-9-7-18(12-26(20)36-6-2)28(34)32(3)16-19-13-31-27(35-4)23-15-30-14-22(19)23/h7-13,15H,5-6,14,16H2,1-4H3. The molecule has 2 heterocycles. The third kappa shape index (κ3) is 4.84. The molecule has 0 fully saturated rings. The van der Waals surface area contributed by atoms with Gasteiger partial charge in [0.05, 0.1) is 31.4 Å². The van der Waals surface area contributed by atoms with Crippen molar-refractivity contribution >= 4 is 17.9 Å². The molecule has 0 N–H and O–H groups in total. The van der Waals surface area contributed by atoms with Crippen molar-refractivity contribution in [3.05, 3.63) is 76.2 Å². The summed E-state index contributed by atoms with van der Waals surface area (Å²) in [6, 6.07) is 9.58. The van der Waals surface area contributed by atoms with Gasteiger partial charge in [-0.05, 0) is 53.9 Å². The van der Waals surface area contributed by atoms with Crippen molar-refractivity contribution in [3.63, 3.8) is 0 Å². The average molecular weight is 490 g/mol. The minimum atomic E-state index is -0.554. The molecule has 3 aromatic rings. The first kappa shape index (κ1) is 25.0. The minimum Gasteiger partial charge on any atom is -0.493 e. The largest absolute Gasteiger partial charge is 0.493 e. The number of aromatic nitrogens is 1. The van der Waals surface area contributed by atoms with Crippen LogP contribution >= 0.6 is 0 Å². The number of nitrogens with zero attached hydrogens (tertiary/aromatic N) is 3. The van der Waals surface area contributed by atoms with Crippen LogP contribution in [0.1, 0.15) is 57.7 Å². The third-order valence-electron chi connectivity index (χ3n) is 6.13. The Bertz CT molecular complexity index is 1350. The molecule has 1 amide bonds. The predicted octanol–water partition coefficient (Wildman–Crippen LogP) is 5.09. The van der Waals surface area contributed by atoms with Gasteiger partial charge in [-0.2, -0.15) is 0 Å². The highest BCUT2D eigenvalue weighted by atomic mass is 19.1. The van der Waals surface area contributed by atoms with Gasteiger partial charge in [-0.3, -0.25) is 14.6 Å². The van der Waals surface area contributed by atoms with Crippen LogP contribution < -0.4 is 9.47 Å². The fraction of sp³-hybridized carbons (Fsp3) is 0.286. The Labute approximate surface area is 209 Å². The summed E-state index contributed by atoms with van der Waals surface area (Å²) < 4.78 is 25.4. The Morgan fingerprint density at radius 2 is 1.94 bits per heavy atom. The molecule has 7 nitrogen and oxygen atoms in total. The monoisotopic (exact) mass is 489 g/mol. The second-order valence-electron chi connectivity index (χ2n) is 8.43. The van der Waals surface area contributed by atoms with E-state index < -0.39 is 5.82 Å². The van der Waals surface area contributed by atoms with E-state index >= 15 is 0 Å². The van der Waals surface area contributed by atoms with E-state index in [0.717, 1.165) is 16.7 Å². The van der Waals surface area contributed by atoms with Gasteiger partial charge in [-0.15, -0.1) is 0 Å². The molecular formula is C28H28FN3O4. The number of ether oxygens (including phenoxy) is 2. The number of hydrogen-bond donors (Lipinski definition) is 0. The van der Waals surface area contributed by atoms with E-state index in [4.69, 9.17) is 9.47 Å². The van der Waals surface area contributed by atoms with Gasteiger partial charge in [0.2, 0.25) is 5.88 Å². The summed E-state index contributed by atoms with van der Waals surface area (Å²) in [7, 11) is 3.30. The molecule has 1 aliphatic heterocycles. The van der Waals surface area contributed by atoms with E-state index in [-0.39, 0.29) is 23.7 Å². The Morgan fingerprint density at radius 1 is 1.14 bits per heavy atom. The van der Waals surface area contributed by atoms with E-state index in [1.54, 1.807) is 62.7 Å². The fourth-order valence-corrected chi connectivity index (χ4v) is 4.25. The van der Waals surface area contributed by atoms with Crippen molar-refractivity contribution in [2.24, 2.45) is 4.99 Å². The molecule has 8 heteroatoms. The van der Waals surface area contributed by atoms with Crippen molar-refractivity contribution in [2.75, 3.05) is 20.8 Å². The van der Waals surface area contributed by atoms with Gasteiger partial charge in [-0.1, -0.05) is 13.0 Å². The van der Waals surface area contributed by atoms with Crippen molar-refractivity contribution < 1.29 is 23.5 Å². The molecule has 0 bridgehead atoms. The molecule has 186 valence electrons. The summed E-state index contributed by atoms with van der Waals surface area (Å²) in [5.74, 6) is -0.0105. The lowest BCUT2D eigenvalue weighted by Gasteiger charge is -2.20. The topological polar surface area (TPSA) is 81.1 Å². The molecule has 0 saturated heterocycles. The first-order chi connectivity index (χ1) is 17.4. The molecule has 1 aliphatic rings. The molecular weight excluding hydrogens is 461 g/mol. The second-order valence-corrected chi connectivity index (χ2v) is 8.43. The molecule has 36 heavy (non-hydrogen) atoms. The van der Waals surface area contributed by atoms with Crippen LogP contribution in [-0.4, -0.2) is 48.6 Å². The molecule has 2 aromatic carbocycles. The first-order valence-corrected chi connectivity index (χ1v) is 11.8. The highest BCUT2D eigenvalue weighted by Crippen LogP contribution is 2.33. The zero-order valence-electron chi connectivity index (χ0n) is 20.8. The molecule has 0 atom stereocenters. The molecule has 0 unspecified atom stereocenters. The number of rotatable bonds is 9. The number of pyridine rings is 1. The van der Waals surface area contributed by atoms with Crippen LogP contribution in [0.3, 0.4) is 0 Å². The number of fused-ring (bicyclic) bond motifs is 1. The third-order valence-corrected chi connectivity index (χ3v) is 6.13. The summed E-state index contributed by atoms with van der Waals surface area (Å²) in [5, 5.41) is 0. The number of carbonyl (C=O) groups excluding carboxylic acids is 2. The van der Waals surface area contributed by atoms with E-state index in [1.165, 1.54) is 12.1 Å². The van der Waals surface area contributed by atoms with Crippen LogP contribution in [0, 0.1) is 5.82 Å². The average Bonchev–Trinajstić information content (AvgIpc) is 3.39. The smallest absolute Gasteiger partial charge is 0.254 e. The number of aliphatic imine (C=N–C) groups is 1. The Balaban J connectivity index is 1.62. The predicted molar refractivity (Wildman–Crippen MR) is 136 cm³/mol. The maximum atomic E-state index is 14.2. The molecule has 4 rings (SSSR count). The number of halogens is 1. The normalized spacial score (nSPS) is 11.8. The van der Waals surface area contributed by atoms with Crippen LogP contribution in [-0.2, 0) is 13.1 Å². The number of hydrogen-bond acceptors (Lipinski definition) is 6. The van der Waals surface area contributed by atoms with E-state index in [1.807, 2.05) is 6.92 Å². The van der Waals surface area contributed by atoms with Gasteiger partial charge < -0.3 is 14.4 Å². The number of carbonyl (C=O) groups is 2. The summed E-state index contributed by atoms with van der Waals surface area (Å²) in [6.45, 7) is 4.80. The summed E-state index contributed by atoms with van der Waals surface area (Å²) in [4.78, 5) is 35.7. The molecule has 0 aliphatic carbocycles. The summed E-state index contributed by atoms with van der Waals surface area (Å²) >= 11 is 0. The fourth-order valence-electron chi connectivity index (χ4n) is 4.25. The zero-order valence-corrected chi connectivity index (χ0v) is 20.8. The van der Waals surface area contributed by atoms with Crippen LogP contribution in [0.15, 0.2) is 47.6 Å². The zero-order chi connectivity index (χ0) is 25.8. The lowest BCUT2D eigenvalue weighted by atomic mass is 9.98. The van der Waals surface area contributed by atoms with Gasteiger partial charge in [0.15, 0.2) is 5.78 Å².